The zero-order valence-electron chi connectivity index (χ0n) is 14.2. The lowest BCUT2D eigenvalue weighted by atomic mass is 10.1. The molecule has 0 fully saturated rings. The van der Waals surface area contributed by atoms with Crippen molar-refractivity contribution in [3.8, 4) is 11.6 Å². The molecule has 1 aromatic heterocycles. The van der Waals surface area contributed by atoms with Gasteiger partial charge in [-0.1, -0.05) is 42.5 Å². The highest BCUT2D eigenvalue weighted by Gasteiger charge is 2.09. The Morgan fingerprint density at radius 1 is 1.04 bits per heavy atom. The second-order valence-corrected chi connectivity index (χ2v) is 5.79. The standard InChI is InChI=1S/C21H19FN2O2/c22-18-9-4-10-19(14-18)26-21-17(8-5-13-23-21)15-24-20(25)12-11-16-6-2-1-3-7-16/h1-10,13-14H,11-12,15H2,(H,24,25). The molecule has 0 aliphatic heterocycles. The molecule has 1 amide bonds. The third-order valence-electron chi connectivity index (χ3n) is 3.82. The Morgan fingerprint density at radius 2 is 1.88 bits per heavy atom. The Hall–Kier alpha value is -3.21. The van der Waals surface area contributed by atoms with Crippen molar-refractivity contribution < 1.29 is 13.9 Å². The number of nitrogens with one attached hydrogen (secondary N) is 1. The maximum atomic E-state index is 13.3. The van der Waals surface area contributed by atoms with Crippen LogP contribution in [-0.2, 0) is 17.8 Å². The van der Waals surface area contributed by atoms with Crippen molar-refractivity contribution in [1.29, 1.82) is 0 Å². The number of ether oxygens (including phenoxy) is 1. The molecule has 3 aromatic rings. The van der Waals surface area contributed by atoms with E-state index in [1.165, 1.54) is 12.1 Å². The molecule has 0 spiro atoms. The van der Waals surface area contributed by atoms with Crippen molar-refractivity contribution >= 4 is 5.91 Å². The van der Waals surface area contributed by atoms with E-state index in [4.69, 9.17) is 4.74 Å². The second-order valence-electron chi connectivity index (χ2n) is 5.79. The van der Waals surface area contributed by atoms with Crippen LogP contribution in [-0.4, -0.2) is 10.9 Å². The molecule has 0 saturated carbocycles. The van der Waals surface area contributed by atoms with Crippen molar-refractivity contribution in [3.63, 3.8) is 0 Å². The molecule has 2 aromatic carbocycles. The fraction of sp³-hybridized carbons (Fsp3) is 0.143. The van der Waals surface area contributed by atoms with Gasteiger partial charge in [-0.05, 0) is 30.2 Å². The summed E-state index contributed by atoms with van der Waals surface area (Å²) < 4.78 is 18.9. The molecule has 5 heteroatoms. The largest absolute Gasteiger partial charge is 0.439 e. The number of pyridine rings is 1. The third-order valence-corrected chi connectivity index (χ3v) is 3.82. The summed E-state index contributed by atoms with van der Waals surface area (Å²) in [6.07, 6.45) is 2.69. The molecule has 0 atom stereocenters. The summed E-state index contributed by atoms with van der Waals surface area (Å²) in [6, 6.07) is 19.3. The molecule has 3 rings (SSSR count). The summed E-state index contributed by atoms with van der Waals surface area (Å²) in [5.74, 6) is 0.283. The van der Waals surface area contributed by atoms with E-state index in [0.717, 1.165) is 11.1 Å². The van der Waals surface area contributed by atoms with Crippen molar-refractivity contribution in [2.45, 2.75) is 19.4 Å². The van der Waals surface area contributed by atoms with Gasteiger partial charge in [0.2, 0.25) is 11.8 Å². The maximum Gasteiger partial charge on any atom is 0.224 e. The highest BCUT2D eigenvalue weighted by molar-refractivity contribution is 5.76. The van der Waals surface area contributed by atoms with Gasteiger partial charge < -0.3 is 10.1 Å². The fourth-order valence-corrected chi connectivity index (χ4v) is 2.48. The highest BCUT2D eigenvalue weighted by Crippen LogP contribution is 2.23. The first-order valence-electron chi connectivity index (χ1n) is 8.38. The van der Waals surface area contributed by atoms with Gasteiger partial charge in [-0.3, -0.25) is 4.79 Å². The predicted molar refractivity (Wildman–Crippen MR) is 97.3 cm³/mol. The normalized spacial score (nSPS) is 10.3. The van der Waals surface area contributed by atoms with Gasteiger partial charge >= 0.3 is 0 Å². The number of aryl methyl sites for hydroxylation is 1. The summed E-state index contributed by atoms with van der Waals surface area (Å²) in [6.45, 7) is 0.298. The first kappa shape index (κ1) is 17.6. The molecule has 0 unspecified atom stereocenters. The van der Waals surface area contributed by atoms with Crippen LogP contribution in [0.5, 0.6) is 11.6 Å². The van der Waals surface area contributed by atoms with Gasteiger partial charge in [0, 0.05) is 30.8 Å². The molecule has 1 N–H and O–H groups in total. The van der Waals surface area contributed by atoms with Gasteiger partial charge in [-0.2, -0.15) is 0 Å². The average molecular weight is 350 g/mol. The summed E-state index contributed by atoms with van der Waals surface area (Å²) >= 11 is 0. The lowest BCUT2D eigenvalue weighted by Gasteiger charge is -2.11. The van der Waals surface area contributed by atoms with Crippen LogP contribution in [0.2, 0.25) is 0 Å². The fourth-order valence-electron chi connectivity index (χ4n) is 2.48. The van der Waals surface area contributed by atoms with E-state index >= 15 is 0 Å². The minimum absolute atomic E-state index is 0.0468. The maximum absolute atomic E-state index is 13.3. The molecule has 0 aliphatic carbocycles. The number of aromatic nitrogens is 1. The van der Waals surface area contributed by atoms with E-state index in [1.54, 1.807) is 24.4 Å². The summed E-state index contributed by atoms with van der Waals surface area (Å²) in [4.78, 5) is 16.3. The Balaban J connectivity index is 1.57. The zero-order valence-corrected chi connectivity index (χ0v) is 14.2. The summed E-state index contributed by atoms with van der Waals surface area (Å²) in [7, 11) is 0. The number of benzene rings is 2. The average Bonchev–Trinajstić information content (AvgIpc) is 2.66. The van der Waals surface area contributed by atoms with Crippen LogP contribution < -0.4 is 10.1 Å². The van der Waals surface area contributed by atoms with Gasteiger partial charge in [0.25, 0.3) is 0 Å². The number of carbonyl (C=O) groups is 1. The van der Waals surface area contributed by atoms with Gasteiger partial charge in [-0.25, -0.2) is 9.37 Å². The van der Waals surface area contributed by atoms with Gasteiger partial charge in [-0.15, -0.1) is 0 Å². The second kappa shape index (κ2) is 8.76. The van der Waals surface area contributed by atoms with Crippen LogP contribution in [0.25, 0.3) is 0 Å². The van der Waals surface area contributed by atoms with Crippen LogP contribution in [0.1, 0.15) is 17.5 Å². The molecule has 1 heterocycles. The molecule has 0 bridgehead atoms. The first-order valence-corrected chi connectivity index (χ1v) is 8.38. The van der Waals surface area contributed by atoms with Gasteiger partial charge in [0.05, 0.1) is 0 Å². The number of nitrogens with zero attached hydrogens (tertiary/aromatic N) is 1. The van der Waals surface area contributed by atoms with E-state index in [-0.39, 0.29) is 11.7 Å². The summed E-state index contributed by atoms with van der Waals surface area (Å²) in [5, 5.41) is 2.87. The van der Waals surface area contributed by atoms with Crippen LogP contribution in [0.4, 0.5) is 4.39 Å². The number of rotatable bonds is 7. The zero-order chi connectivity index (χ0) is 18.2. The SMILES string of the molecule is O=C(CCc1ccccc1)NCc1cccnc1Oc1cccc(F)c1. The third kappa shape index (κ3) is 5.14. The van der Waals surface area contributed by atoms with Crippen LogP contribution >= 0.6 is 0 Å². The number of hydrogen-bond donors (Lipinski definition) is 1. The van der Waals surface area contributed by atoms with E-state index in [9.17, 15) is 9.18 Å². The van der Waals surface area contributed by atoms with E-state index in [1.807, 2.05) is 36.4 Å². The lowest BCUT2D eigenvalue weighted by Crippen LogP contribution is -2.23. The molecular formula is C21H19FN2O2. The number of hydrogen-bond acceptors (Lipinski definition) is 3. The van der Waals surface area contributed by atoms with E-state index < -0.39 is 0 Å². The van der Waals surface area contributed by atoms with Crippen molar-refractivity contribution in [2.24, 2.45) is 0 Å². The minimum atomic E-state index is -0.380. The Bertz CT molecular complexity index is 869. The molecule has 0 radical (unpaired) electrons. The predicted octanol–water partition coefficient (Wildman–Crippen LogP) is 4.26. The van der Waals surface area contributed by atoms with Gasteiger partial charge in [0.1, 0.15) is 11.6 Å². The summed E-state index contributed by atoms with van der Waals surface area (Å²) in [5.41, 5.74) is 1.85. The van der Waals surface area contributed by atoms with Gasteiger partial charge in [0.15, 0.2) is 0 Å². The highest BCUT2D eigenvalue weighted by atomic mass is 19.1. The van der Waals surface area contributed by atoms with Crippen LogP contribution in [0, 0.1) is 5.82 Å². The molecular weight excluding hydrogens is 331 g/mol. The topological polar surface area (TPSA) is 51.2 Å². The minimum Gasteiger partial charge on any atom is -0.439 e. The van der Waals surface area contributed by atoms with Crippen LogP contribution in [0.3, 0.4) is 0 Å². The van der Waals surface area contributed by atoms with E-state index in [2.05, 4.69) is 10.3 Å². The van der Waals surface area contributed by atoms with Crippen molar-refractivity contribution in [2.75, 3.05) is 0 Å². The van der Waals surface area contributed by atoms with E-state index in [0.29, 0.717) is 31.0 Å². The van der Waals surface area contributed by atoms with Crippen molar-refractivity contribution in [1.82, 2.24) is 10.3 Å². The number of carbonyl (C=O) groups excluding carboxylic acids is 1. The first-order chi connectivity index (χ1) is 12.7. The lowest BCUT2D eigenvalue weighted by molar-refractivity contribution is -0.121. The monoisotopic (exact) mass is 350 g/mol. The molecule has 0 saturated heterocycles. The van der Waals surface area contributed by atoms with Crippen LogP contribution in [0.15, 0.2) is 72.9 Å². The Kier molecular flexibility index (Phi) is 5.93. The molecule has 4 nitrogen and oxygen atoms in total. The number of amides is 1. The van der Waals surface area contributed by atoms with Crippen molar-refractivity contribution in [3.05, 3.63) is 89.9 Å². The Morgan fingerprint density at radius 3 is 2.69 bits per heavy atom. The smallest absolute Gasteiger partial charge is 0.224 e. The number of halogens is 1. The Labute approximate surface area is 151 Å². The molecule has 132 valence electrons. The molecule has 0 aliphatic rings. The quantitative estimate of drug-likeness (QED) is 0.693. The molecule has 26 heavy (non-hydrogen) atoms.